The fourth-order valence-electron chi connectivity index (χ4n) is 2.20. The highest BCUT2D eigenvalue weighted by Crippen LogP contribution is 2.19. The fraction of sp³-hybridized carbons (Fsp3) is 0.625. The molecule has 0 aliphatic rings. The average Bonchev–Trinajstić information content (AvgIpc) is 2.37. The third-order valence-corrected chi connectivity index (χ3v) is 3.65. The number of likely N-dealkylation sites (N-methyl/N-ethyl adjacent to an activating group) is 1. The second-order valence-corrected chi connectivity index (χ2v) is 5.85. The molecule has 0 radical (unpaired) electrons. The molecule has 0 aromatic heterocycles. The van der Waals surface area contributed by atoms with Crippen LogP contribution in [0, 0.1) is 6.92 Å². The van der Waals surface area contributed by atoms with Gasteiger partial charge < -0.3 is 16.4 Å². The van der Waals surface area contributed by atoms with E-state index in [4.69, 9.17) is 11.5 Å². The summed E-state index contributed by atoms with van der Waals surface area (Å²) in [5.41, 5.74) is 15.7. The van der Waals surface area contributed by atoms with E-state index in [0.717, 1.165) is 19.5 Å². The second kappa shape index (κ2) is 7.63. The number of rotatable bonds is 7. The molecule has 3 nitrogen and oxygen atoms in total. The van der Waals surface area contributed by atoms with Crippen molar-refractivity contribution in [2.24, 2.45) is 11.5 Å². The van der Waals surface area contributed by atoms with Crippen LogP contribution in [0.4, 0.5) is 0 Å². The zero-order valence-corrected chi connectivity index (χ0v) is 12.8. The summed E-state index contributed by atoms with van der Waals surface area (Å²) >= 11 is 0. The molecule has 0 saturated heterocycles. The van der Waals surface area contributed by atoms with Gasteiger partial charge in [0.25, 0.3) is 0 Å². The first-order valence-electron chi connectivity index (χ1n) is 7.17. The Kier molecular flexibility index (Phi) is 6.49. The maximum Gasteiger partial charge on any atom is 0.0292 e. The number of hydrogen-bond donors (Lipinski definition) is 2. The Labute approximate surface area is 118 Å². The monoisotopic (exact) mass is 263 g/mol. The van der Waals surface area contributed by atoms with Crippen molar-refractivity contribution in [3.05, 3.63) is 34.9 Å². The predicted octanol–water partition coefficient (Wildman–Crippen LogP) is 1.88. The molecule has 0 spiro atoms. The van der Waals surface area contributed by atoms with E-state index in [0.29, 0.717) is 12.5 Å². The summed E-state index contributed by atoms with van der Waals surface area (Å²) in [5.74, 6) is 0.586. The van der Waals surface area contributed by atoms with E-state index in [-0.39, 0.29) is 6.04 Å². The first-order valence-corrected chi connectivity index (χ1v) is 7.17. The quantitative estimate of drug-likeness (QED) is 0.790. The summed E-state index contributed by atoms with van der Waals surface area (Å²) in [6.45, 7) is 9.09. The minimum Gasteiger partial charge on any atom is -0.329 e. The molecule has 1 unspecified atom stereocenters. The second-order valence-electron chi connectivity index (χ2n) is 5.85. The van der Waals surface area contributed by atoms with Crippen molar-refractivity contribution in [1.29, 1.82) is 0 Å². The van der Waals surface area contributed by atoms with Crippen LogP contribution in [-0.2, 0) is 6.42 Å². The van der Waals surface area contributed by atoms with Crippen LogP contribution < -0.4 is 11.5 Å². The number of hydrogen-bond acceptors (Lipinski definition) is 3. The molecule has 0 aliphatic heterocycles. The van der Waals surface area contributed by atoms with Crippen molar-refractivity contribution in [1.82, 2.24) is 4.90 Å². The van der Waals surface area contributed by atoms with Crippen molar-refractivity contribution in [3.8, 4) is 0 Å². The largest absolute Gasteiger partial charge is 0.329 e. The van der Waals surface area contributed by atoms with Crippen molar-refractivity contribution in [2.75, 3.05) is 26.7 Å². The van der Waals surface area contributed by atoms with Crippen LogP contribution in [0.5, 0.6) is 0 Å². The molecule has 0 bridgehead atoms. The van der Waals surface area contributed by atoms with Gasteiger partial charge in [0.05, 0.1) is 0 Å². The Morgan fingerprint density at radius 1 is 1.26 bits per heavy atom. The predicted molar refractivity (Wildman–Crippen MR) is 83.5 cm³/mol. The zero-order valence-electron chi connectivity index (χ0n) is 12.8. The van der Waals surface area contributed by atoms with Crippen molar-refractivity contribution < 1.29 is 0 Å². The fourth-order valence-corrected chi connectivity index (χ4v) is 2.20. The van der Waals surface area contributed by atoms with Crippen LogP contribution in [0.25, 0.3) is 0 Å². The minimum atomic E-state index is 0.0769. The molecule has 3 heteroatoms. The van der Waals surface area contributed by atoms with Crippen LogP contribution in [-0.4, -0.2) is 37.6 Å². The molecule has 0 aliphatic carbocycles. The number of benzene rings is 1. The Hall–Kier alpha value is -0.900. The molecule has 1 rings (SSSR count). The van der Waals surface area contributed by atoms with E-state index < -0.39 is 0 Å². The van der Waals surface area contributed by atoms with Crippen LogP contribution in [0.3, 0.4) is 0 Å². The van der Waals surface area contributed by atoms with Gasteiger partial charge in [-0.15, -0.1) is 0 Å². The SMILES string of the molecule is Cc1ccc(C(C)C)cc1CCN(C)CC(N)CN. The average molecular weight is 263 g/mol. The maximum absolute atomic E-state index is 5.87. The first-order chi connectivity index (χ1) is 8.93. The highest BCUT2D eigenvalue weighted by Gasteiger charge is 2.07. The van der Waals surface area contributed by atoms with Crippen LogP contribution >= 0.6 is 0 Å². The normalized spacial score (nSPS) is 13.3. The standard InChI is InChI=1S/C16H29N3/c1-12(2)14-6-5-13(3)15(9-14)7-8-19(4)11-16(18)10-17/h5-6,9,12,16H,7-8,10-11,17-18H2,1-4H3. The van der Waals surface area contributed by atoms with E-state index in [2.05, 4.69) is 50.9 Å². The molecule has 1 atom stereocenters. The summed E-state index contributed by atoms with van der Waals surface area (Å²) in [7, 11) is 2.11. The van der Waals surface area contributed by atoms with E-state index in [1.54, 1.807) is 0 Å². The minimum absolute atomic E-state index is 0.0769. The molecular weight excluding hydrogens is 234 g/mol. The first kappa shape index (κ1) is 16.2. The summed E-state index contributed by atoms with van der Waals surface area (Å²) in [6.07, 6.45) is 1.07. The highest BCUT2D eigenvalue weighted by atomic mass is 15.1. The summed E-state index contributed by atoms with van der Waals surface area (Å²) in [6, 6.07) is 6.89. The van der Waals surface area contributed by atoms with Gasteiger partial charge in [-0.25, -0.2) is 0 Å². The van der Waals surface area contributed by atoms with Gasteiger partial charge in [0.2, 0.25) is 0 Å². The zero-order chi connectivity index (χ0) is 14.4. The topological polar surface area (TPSA) is 55.3 Å². The molecule has 0 heterocycles. The molecular formula is C16H29N3. The van der Waals surface area contributed by atoms with E-state index in [1.807, 2.05) is 0 Å². The number of aryl methyl sites for hydroxylation is 1. The molecule has 1 aromatic rings. The molecule has 0 amide bonds. The molecule has 108 valence electrons. The Morgan fingerprint density at radius 2 is 1.95 bits per heavy atom. The van der Waals surface area contributed by atoms with Crippen LogP contribution in [0.2, 0.25) is 0 Å². The van der Waals surface area contributed by atoms with Gasteiger partial charge in [-0.1, -0.05) is 32.0 Å². The summed E-state index contributed by atoms with van der Waals surface area (Å²) in [4.78, 5) is 2.26. The third-order valence-electron chi connectivity index (χ3n) is 3.65. The lowest BCUT2D eigenvalue weighted by Gasteiger charge is -2.21. The van der Waals surface area contributed by atoms with E-state index in [1.165, 1.54) is 16.7 Å². The van der Waals surface area contributed by atoms with Gasteiger partial charge in [0.15, 0.2) is 0 Å². The molecule has 4 N–H and O–H groups in total. The molecule has 0 fully saturated rings. The van der Waals surface area contributed by atoms with Gasteiger partial charge in [-0.05, 0) is 43.0 Å². The molecule has 0 saturated carbocycles. The third kappa shape index (κ3) is 5.31. The van der Waals surface area contributed by atoms with Crippen molar-refractivity contribution in [3.63, 3.8) is 0 Å². The summed E-state index contributed by atoms with van der Waals surface area (Å²) in [5, 5.41) is 0. The van der Waals surface area contributed by atoms with Gasteiger partial charge in [-0.2, -0.15) is 0 Å². The van der Waals surface area contributed by atoms with Gasteiger partial charge in [0, 0.05) is 25.7 Å². The van der Waals surface area contributed by atoms with E-state index >= 15 is 0 Å². The Balaban J connectivity index is 2.59. The smallest absolute Gasteiger partial charge is 0.0292 e. The van der Waals surface area contributed by atoms with Gasteiger partial charge in [0.1, 0.15) is 0 Å². The molecule has 1 aromatic carbocycles. The van der Waals surface area contributed by atoms with Gasteiger partial charge >= 0.3 is 0 Å². The van der Waals surface area contributed by atoms with E-state index in [9.17, 15) is 0 Å². The van der Waals surface area contributed by atoms with Crippen molar-refractivity contribution >= 4 is 0 Å². The summed E-state index contributed by atoms with van der Waals surface area (Å²) < 4.78 is 0. The Morgan fingerprint density at radius 3 is 2.53 bits per heavy atom. The Bertz CT molecular complexity index is 388. The van der Waals surface area contributed by atoms with Gasteiger partial charge in [-0.3, -0.25) is 0 Å². The van der Waals surface area contributed by atoms with Crippen LogP contribution in [0.15, 0.2) is 18.2 Å². The lowest BCUT2D eigenvalue weighted by atomic mass is 9.96. The maximum atomic E-state index is 5.87. The number of nitrogens with zero attached hydrogens (tertiary/aromatic N) is 1. The number of nitrogens with two attached hydrogens (primary N) is 2. The lowest BCUT2D eigenvalue weighted by Crippen LogP contribution is -2.41. The lowest BCUT2D eigenvalue weighted by molar-refractivity contribution is 0.316. The van der Waals surface area contributed by atoms with Crippen molar-refractivity contribution in [2.45, 2.75) is 39.2 Å². The highest BCUT2D eigenvalue weighted by molar-refractivity contribution is 5.32. The van der Waals surface area contributed by atoms with Crippen LogP contribution in [0.1, 0.15) is 36.5 Å². The molecule has 19 heavy (non-hydrogen) atoms.